The van der Waals surface area contributed by atoms with Crippen LogP contribution in [0.2, 0.25) is 0 Å². The average Bonchev–Trinajstić information content (AvgIpc) is 2.73. The molecule has 0 amide bonds. The highest BCUT2D eigenvalue weighted by molar-refractivity contribution is 4.85. The van der Waals surface area contributed by atoms with Crippen LogP contribution in [0.1, 0.15) is 18.7 Å². The number of hydrogen-bond acceptors (Lipinski definition) is 4. The Hall–Kier alpha value is -0.940. The van der Waals surface area contributed by atoms with Crippen molar-refractivity contribution in [1.29, 1.82) is 0 Å². The van der Waals surface area contributed by atoms with Gasteiger partial charge in [-0.15, -0.1) is 10.2 Å². The van der Waals surface area contributed by atoms with Crippen molar-refractivity contribution in [2.75, 3.05) is 33.2 Å². The van der Waals surface area contributed by atoms with Crippen molar-refractivity contribution in [1.82, 2.24) is 25.0 Å². The fraction of sp³-hybridized carbons (Fsp3) is 0.833. The Labute approximate surface area is 103 Å². The van der Waals surface area contributed by atoms with Gasteiger partial charge in [-0.1, -0.05) is 0 Å². The van der Waals surface area contributed by atoms with Crippen LogP contribution in [0.3, 0.4) is 0 Å². The number of rotatable bonds is 5. The zero-order valence-electron chi connectivity index (χ0n) is 10.9. The van der Waals surface area contributed by atoms with Crippen molar-refractivity contribution in [2.45, 2.75) is 19.3 Å². The molecular formula is C12H23N5. The van der Waals surface area contributed by atoms with E-state index < -0.39 is 0 Å². The van der Waals surface area contributed by atoms with E-state index in [1.807, 2.05) is 11.6 Å². The predicted molar refractivity (Wildman–Crippen MR) is 67.8 cm³/mol. The molecule has 0 radical (unpaired) electrons. The molecule has 2 rings (SSSR count). The molecule has 0 atom stereocenters. The summed E-state index contributed by atoms with van der Waals surface area (Å²) in [6.45, 7) is 4.63. The lowest BCUT2D eigenvalue weighted by Crippen LogP contribution is -2.35. The first-order valence-electron chi connectivity index (χ1n) is 6.48. The quantitative estimate of drug-likeness (QED) is 0.748. The number of piperidine rings is 1. The Kier molecular flexibility index (Phi) is 4.50. The SMILES string of the molecule is CN1CCC(CNCCc2nncn2C)CC1. The summed E-state index contributed by atoms with van der Waals surface area (Å²) < 4.78 is 1.98. The van der Waals surface area contributed by atoms with E-state index >= 15 is 0 Å². The van der Waals surface area contributed by atoms with E-state index in [1.54, 1.807) is 6.33 Å². The zero-order chi connectivity index (χ0) is 12.1. The number of nitrogens with one attached hydrogen (secondary N) is 1. The van der Waals surface area contributed by atoms with E-state index in [9.17, 15) is 0 Å². The van der Waals surface area contributed by atoms with Crippen LogP contribution in [0.25, 0.3) is 0 Å². The molecule has 2 heterocycles. The molecule has 1 aromatic heterocycles. The van der Waals surface area contributed by atoms with E-state index in [4.69, 9.17) is 0 Å². The molecular weight excluding hydrogens is 214 g/mol. The number of aromatic nitrogens is 3. The topological polar surface area (TPSA) is 46.0 Å². The fourth-order valence-electron chi connectivity index (χ4n) is 2.31. The lowest BCUT2D eigenvalue weighted by atomic mass is 9.97. The van der Waals surface area contributed by atoms with Crippen molar-refractivity contribution in [3.05, 3.63) is 12.2 Å². The van der Waals surface area contributed by atoms with Gasteiger partial charge in [0.1, 0.15) is 12.2 Å². The third kappa shape index (κ3) is 3.78. The minimum atomic E-state index is 0.852. The molecule has 1 fully saturated rings. The van der Waals surface area contributed by atoms with Gasteiger partial charge in [-0.3, -0.25) is 0 Å². The summed E-state index contributed by atoms with van der Waals surface area (Å²) in [5.41, 5.74) is 0. The second kappa shape index (κ2) is 6.12. The van der Waals surface area contributed by atoms with Crippen LogP contribution in [0, 0.1) is 5.92 Å². The third-order valence-electron chi connectivity index (χ3n) is 3.60. The Morgan fingerprint density at radius 1 is 1.35 bits per heavy atom. The van der Waals surface area contributed by atoms with Gasteiger partial charge in [-0.25, -0.2) is 0 Å². The average molecular weight is 237 g/mol. The van der Waals surface area contributed by atoms with Crippen LogP contribution < -0.4 is 5.32 Å². The van der Waals surface area contributed by atoms with Gasteiger partial charge >= 0.3 is 0 Å². The monoisotopic (exact) mass is 237 g/mol. The summed E-state index contributed by atoms with van der Waals surface area (Å²) in [5, 5.41) is 11.5. The van der Waals surface area contributed by atoms with Crippen molar-refractivity contribution in [3.63, 3.8) is 0 Å². The Balaban J connectivity index is 1.59. The van der Waals surface area contributed by atoms with E-state index in [0.29, 0.717) is 0 Å². The summed E-state index contributed by atoms with van der Waals surface area (Å²) in [4.78, 5) is 2.41. The normalized spacial score (nSPS) is 18.7. The molecule has 0 bridgehead atoms. The second-order valence-corrected chi connectivity index (χ2v) is 5.06. The summed E-state index contributed by atoms with van der Waals surface area (Å²) >= 11 is 0. The first-order chi connectivity index (χ1) is 8.25. The van der Waals surface area contributed by atoms with Crippen LogP contribution in [0.5, 0.6) is 0 Å². The van der Waals surface area contributed by atoms with Gasteiger partial charge in [-0.05, 0) is 45.4 Å². The number of hydrogen-bond donors (Lipinski definition) is 1. The van der Waals surface area contributed by atoms with Crippen LogP contribution >= 0.6 is 0 Å². The van der Waals surface area contributed by atoms with E-state index in [-0.39, 0.29) is 0 Å². The first-order valence-corrected chi connectivity index (χ1v) is 6.48. The molecule has 1 saturated heterocycles. The lowest BCUT2D eigenvalue weighted by molar-refractivity contribution is 0.216. The standard InChI is InChI=1S/C12H23N5/c1-16-7-4-11(5-8-16)9-13-6-3-12-15-14-10-17(12)2/h10-11,13H,3-9H2,1-2H3. The minimum absolute atomic E-state index is 0.852. The predicted octanol–water partition coefficient (Wildman–Crippen LogP) is 0.289. The van der Waals surface area contributed by atoms with Crippen molar-refractivity contribution >= 4 is 0 Å². The highest BCUT2D eigenvalue weighted by Gasteiger charge is 2.15. The van der Waals surface area contributed by atoms with E-state index in [1.165, 1.54) is 25.9 Å². The van der Waals surface area contributed by atoms with E-state index in [0.717, 1.165) is 31.3 Å². The van der Waals surface area contributed by atoms with Gasteiger partial charge in [0, 0.05) is 20.0 Å². The third-order valence-corrected chi connectivity index (χ3v) is 3.60. The molecule has 0 aromatic carbocycles. The zero-order valence-corrected chi connectivity index (χ0v) is 10.9. The first kappa shape index (κ1) is 12.5. The van der Waals surface area contributed by atoms with Crippen LogP contribution in [0.4, 0.5) is 0 Å². The summed E-state index contributed by atoms with van der Waals surface area (Å²) in [5.74, 6) is 1.91. The van der Waals surface area contributed by atoms with Gasteiger partial charge in [0.25, 0.3) is 0 Å². The summed E-state index contributed by atoms with van der Waals surface area (Å²) in [6, 6.07) is 0. The van der Waals surface area contributed by atoms with E-state index in [2.05, 4.69) is 27.5 Å². The molecule has 5 heteroatoms. The van der Waals surface area contributed by atoms with Crippen molar-refractivity contribution < 1.29 is 0 Å². The number of nitrogens with zero attached hydrogens (tertiary/aromatic N) is 4. The van der Waals surface area contributed by atoms with Gasteiger partial charge in [0.05, 0.1) is 0 Å². The summed E-state index contributed by atoms with van der Waals surface area (Å²) in [6.07, 6.45) is 5.37. The maximum atomic E-state index is 4.08. The number of aryl methyl sites for hydroxylation is 1. The molecule has 0 aliphatic carbocycles. The lowest BCUT2D eigenvalue weighted by Gasteiger charge is -2.29. The maximum Gasteiger partial charge on any atom is 0.133 e. The maximum absolute atomic E-state index is 4.08. The Morgan fingerprint density at radius 3 is 2.76 bits per heavy atom. The smallest absolute Gasteiger partial charge is 0.133 e. The minimum Gasteiger partial charge on any atom is -0.321 e. The highest BCUT2D eigenvalue weighted by Crippen LogP contribution is 2.14. The van der Waals surface area contributed by atoms with Gasteiger partial charge in [-0.2, -0.15) is 0 Å². The Morgan fingerprint density at radius 2 is 2.12 bits per heavy atom. The van der Waals surface area contributed by atoms with Gasteiger partial charge in [0.15, 0.2) is 0 Å². The molecule has 5 nitrogen and oxygen atoms in total. The van der Waals surface area contributed by atoms with Crippen LogP contribution in [-0.4, -0.2) is 52.9 Å². The van der Waals surface area contributed by atoms with Gasteiger partial charge < -0.3 is 14.8 Å². The Bertz CT molecular complexity index is 327. The van der Waals surface area contributed by atoms with Crippen molar-refractivity contribution in [2.24, 2.45) is 13.0 Å². The molecule has 0 spiro atoms. The summed E-state index contributed by atoms with van der Waals surface area (Å²) in [7, 11) is 4.20. The van der Waals surface area contributed by atoms with Gasteiger partial charge in [0.2, 0.25) is 0 Å². The molecule has 1 aliphatic rings. The molecule has 1 N–H and O–H groups in total. The molecule has 96 valence electrons. The van der Waals surface area contributed by atoms with Crippen LogP contribution in [-0.2, 0) is 13.5 Å². The fourth-order valence-corrected chi connectivity index (χ4v) is 2.31. The number of likely N-dealkylation sites (tertiary alicyclic amines) is 1. The molecule has 1 aliphatic heterocycles. The van der Waals surface area contributed by atoms with Crippen LogP contribution in [0.15, 0.2) is 6.33 Å². The molecule has 1 aromatic rings. The van der Waals surface area contributed by atoms with Crippen molar-refractivity contribution in [3.8, 4) is 0 Å². The highest BCUT2D eigenvalue weighted by atomic mass is 15.2. The molecule has 0 unspecified atom stereocenters. The molecule has 17 heavy (non-hydrogen) atoms. The largest absolute Gasteiger partial charge is 0.321 e. The second-order valence-electron chi connectivity index (χ2n) is 5.06. The molecule has 0 saturated carbocycles.